The summed E-state index contributed by atoms with van der Waals surface area (Å²) in [6.07, 6.45) is 1.39. The third-order valence-electron chi connectivity index (χ3n) is 4.38. The topological polar surface area (TPSA) is 119 Å². The molecule has 2 heterocycles. The molecule has 3 N–H and O–H groups in total. The van der Waals surface area contributed by atoms with Crippen LogP contribution in [0.4, 0.5) is 4.39 Å². The van der Waals surface area contributed by atoms with E-state index in [1.54, 1.807) is 18.2 Å². The number of hydrogen-bond donors (Lipinski definition) is 2. The van der Waals surface area contributed by atoms with Crippen molar-refractivity contribution in [2.24, 2.45) is 10.2 Å². The van der Waals surface area contributed by atoms with Crippen molar-refractivity contribution < 1.29 is 17.6 Å². The lowest BCUT2D eigenvalue weighted by Gasteiger charge is -2.07. The van der Waals surface area contributed by atoms with E-state index in [1.165, 1.54) is 58.6 Å². The number of aromatic nitrogens is 2. The number of halogens is 1. The zero-order valence-corrected chi connectivity index (χ0v) is 18.0. The number of nitrogens with one attached hydrogen (secondary N) is 1. The Morgan fingerprint density at radius 3 is 2.47 bits per heavy atom. The van der Waals surface area contributed by atoms with Crippen LogP contribution in [0.5, 0.6) is 0 Å². The van der Waals surface area contributed by atoms with E-state index in [9.17, 15) is 17.6 Å². The van der Waals surface area contributed by atoms with Gasteiger partial charge in [-0.05, 0) is 59.5 Å². The fourth-order valence-electron chi connectivity index (χ4n) is 2.84. The van der Waals surface area contributed by atoms with Gasteiger partial charge in [0.15, 0.2) is 5.69 Å². The number of sulfonamides is 1. The smallest absolute Gasteiger partial charge is 0.265 e. The largest absolute Gasteiger partial charge is 0.291 e. The summed E-state index contributed by atoms with van der Waals surface area (Å²) < 4.78 is 37.6. The molecular weight excluding hydrogens is 453 g/mol. The first-order valence-electron chi connectivity index (χ1n) is 9.17. The van der Waals surface area contributed by atoms with E-state index in [2.05, 4.69) is 15.6 Å². The van der Waals surface area contributed by atoms with Crippen molar-refractivity contribution in [3.8, 4) is 16.3 Å². The molecule has 0 spiro atoms. The highest BCUT2D eigenvalue weighted by Gasteiger charge is 2.18. The summed E-state index contributed by atoms with van der Waals surface area (Å²) in [6, 6.07) is 16.9. The van der Waals surface area contributed by atoms with Gasteiger partial charge >= 0.3 is 0 Å². The SMILES string of the molecule is NS(=O)(=O)c1ccc(-n2nc(C(=O)N/N=C\c3ccc(F)cc3)cc2-c2cccs2)cc1. The molecule has 2 aromatic heterocycles. The Balaban J connectivity index is 1.62. The number of hydrazone groups is 1. The van der Waals surface area contributed by atoms with Crippen LogP contribution in [-0.4, -0.2) is 30.3 Å². The van der Waals surface area contributed by atoms with Crippen molar-refractivity contribution in [3.05, 3.63) is 89.2 Å². The first-order chi connectivity index (χ1) is 15.3. The third kappa shape index (κ3) is 4.80. The van der Waals surface area contributed by atoms with Crippen molar-refractivity contribution in [1.29, 1.82) is 0 Å². The van der Waals surface area contributed by atoms with E-state index in [0.717, 1.165) is 4.88 Å². The molecule has 4 rings (SSSR count). The molecule has 0 aliphatic heterocycles. The van der Waals surface area contributed by atoms with Gasteiger partial charge in [-0.15, -0.1) is 11.3 Å². The number of thiophene rings is 1. The van der Waals surface area contributed by atoms with Gasteiger partial charge in [0.05, 0.1) is 27.4 Å². The summed E-state index contributed by atoms with van der Waals surface area (Å²) in [4.78, 5) is 13.4. The number of nitrogens with zero attached hydrogens (tertiary/aromatic N) is 3. The third-order valence-corrected chi connectivity index (χ3v) is 6.20. The van der Waals surface area contributed by atoms with Crippen LogP contribution >= 0.6 is 11.3 Å². The lowest BCUT2D eigenvalue weighted by atomic mass is 10.2. The molecule has 0 saturated heterocycles. The molecule has 0 radical (unpaired) electrons. The predicted molar refractivity (Wildman–Crippen MR) is 120 cm³/mol. The van der Waals surface area contributed by atoms with Crippen molar-refractivity contribution in [2.75, 3.05) is 0 Å². The van der Waals surface area contributed by atoms with Crippen LogP contribution in [0.2, 0.25) is 0 Å². The number of carbonyl (C=O) groups is 1. The average molecular weight is 470 g/mol. The molecule has 1 amide bonds. The van der Waals surface area contributed by atoms with Crippen LogP contribution in [0.1, 0.15) is 16.1 Å². The van der Waals surface area contributed by atoms with Crippen LogP contribution in [0.3, 0.4) is 0 Å². The predicted octanol–water partition coefficient (Wildman–Crippen LogP) is 3.15. The molecule has 0 unspecified atom stereocenters. The van der Waals surface area contributed by atoms with E-state index >= 15 is 0 Å². The Bertz CT molecular complexity index is 1380. The van der Waals surface area contributed by atoms with Gasteiger partial charge in [-0.3, -0.25) is 4.79 Å². The average Bonchev–Trinajstić information content (AvgIpc) is 3.44. The highest BCUT2D eigenvalue weighted by molar-refractivity contribution is 7.89. The number of rotatable bonds is 6. The van der Waals surface area contributed by atoms with Gasteiger partial charge in [-0.25, -0.2) is 28.1 Å². The van der Waals surface area contributed by atoms with Gasteiger partial charge in [-0.2, -0.15) is 10.2 Å². The molecule has 2 aromatic carbocycles. The molecule has 162 valence electrons. The second-order valence-corrected chi connectivity index (χ2v) is 9.10. The molecule has 4 aromatic rings. The van der Waals surface area contributed by atoms with Crippen LogP contribution in [-0.2, 0) is 10.0 Å². The zero-order valence-electron chi connectivity index (χ0n) is 16.3. The molecule has 0 bridgehead atoms. The van der Waals surface area contributed by atoms with Gasteiger partial charge in [0.1, 0.15) is 5.82 Å². The Morgan fingerprint density at radius 1 is 1.12 bits per heavy atom. The number of nitrogens with two attached hydrogens (primary N) is 1. The fourth-order valence-corrected chi connectivity index (χ4v) is 4.08. The molecule has 0 fully saturated rings. The molecule has 11 heteroatoms. The Hall–Kier alpha value is -3.67. The van der Waals surface area contributed by atoms with Gasteiger partial charge < -0.3 is 0 Å². The maximum Gasteiger partial charge on any atom is 0.291 e. The number of benzene rings is 2. The molecule has 32 heavy (non-hydrogen) atoms. The van der Waals surface area contributed by atoms with Crippen LogP contribution < -0.4 is 10.6 Å². The Labute approximate surface area is 186 Å². The van der Waals surface area contributed by atoms with Gasteiger partial charge in [0.25, 0.3) is 5.91 Å². The van der Waals surface area contributed by atoms with E-state index in [0.29, 0.717) is 16.9 Å². The van der Waals surface area contributed by atoms with E-state index in [-0.39, 0.29) is 16.4 Å². The van der Waals surface area contributed by atoms with E-state index < -0.39 is 15.9 Å². The number of amides is 1. The first-order valence-corrected chi connectivity index (χ1v) is 11.6. The fraction of sp³-hybridized carbons (Fsp3) is 0. The molecule has 8 nitrogen and oxygen atoms in total. The molecular formula is C21H16FN5O3S2. The van der Waals surface area contributed by atoms with Gasteiger partial charge in [0, 0.05) is 0 Å². The first kappa shape index (κ1) is 21.6. The van der Waals surface area contributed by atoms with Crippen molar-refractivity contribution >= 4 is 33.5 Å². The van der Waals surface area contributed by atoms with Crippen molar-refractivity contribution in [3.63, 3.8) is 0 Å². The van der Waals surface area contributed by atoms with Crippen molar-refractivity contribution in [2.45, 2.75) is 4.90 Å². The molecule has 0 atom stereocenters. The standard InChI is InChI=1S/C21H16FN5O3S2/c22-15-5-3-14(4-6-15)13-24-25-21(28)18-12-19(20-2-1-11-31-20)27(26-18)16-7-9-17(10-8-16)32(23,29)30/h1-13H,(H,25,28)(H2,23,29,30)/b24-13-. The Morgan fingerprint density at radius 2 is 1.84 bits per heavy atom. The number of carbonyl (C=O) groups excluding carboxylic acids is 1. The molecule has 0 aliphatic carbocycles. The molecule has 0 saturated carbocycles. The minimum atomic E-state index is -3.83. The quantitative estimate of drug-likeness (QED) is 0.333. The monoisotopic (exact) mass is 469 g/mol. The Kier molecular flexibility index (Phi) is 5.95. The highest BCUT2D eigenvalue weighted by atomic mass is 32.2. The highest BCUT2D eigenvalue weighted by Crippen LogP contribution is 2.28. The lowest BCUT2D eigenvalue weighted by Crippen LogP contribution is -2.18. The summed E-state index contributed by atoms with van der Waals surface area (Å²) >= 11 is 1.46. The summed E-state index contributed by atoms with van der Waals surface area (Å²) in [5.74, 6) is -0.906. The zero-order chi connectivity index (χ0) is 22.7. The van der Waals surface area contributed by atoms with Crippen molar-refractivity contribution in [1.82, 2.24) is 15.2 Å². The van der Waals surface area contributed by atoms with Crippen LogP contribution in [0.15, 0.2) is 82.1 Å². The van der Waals surface area contributed by atoms with Crippen LogP contribution in [0, 0.1) is 5.82 Å². The normalized spacial score (nSPS) is 11.7. The lowest BCUT2D eigenvalue weighted by molar-refractivity contribution is 0.0949. The second kappa shape index (κ2) is 8.83. The maximum atomic E-state index is 13.0. The minimum absolute atomic E-state index is 0.0285. The number of hydrogen-bond acceptors (Lipinski definition) is 6. The summed E-state index contributed by atoms with van der Waals surface area (Å²) in [6.45, 7) is 0. The summed E-state index contributed by atoms with van der Waals surface area (Å²) in [7, 11) is -3.83. The van der Waals surface area contributed by atoms with Crippen LogP contribution in [0.25, 0.3) is 16.3 Å². The summed E-state index contributed by atoms with van der Waals surface area (Å²) in [5, 5.41) is 15.3. The molecule has 0 aliphatic rings. The summed E-state index contributed by atoms with van der Waals surface area (Å²) in [5.41, 5.74) is 4.32. The van der Waals surface area contributed by atoms with E-state index in [4.69, 9.17) is 5.14 Å². The minimum Gasteiger partial charge on any atom is -0.265 e. The second-order valence-electron chi connectivity index (χ2n) is 6.59. The number of primary sulfonamides is 1. The van der Waals surface area contributed by atoms with E-state index in [1.807, 2.05) is 17.5 Å². The maximum absolute atomic E-state index is 13.0. The van der Waals surface area contributed by atoms with Gasteiger partial charge in [-0.1, -0.05) is 18.2 Å². The van der Waals surface area contributed by atoms with Gasteiger partial charge in [0.2, 0.25) is 10.0 Å².